The van der Waals surface area contributed by atoms with E-state index in [1.54, 1.807) is 20.8 Å². The average Bonchev–Trinajstić information content (AvgIpc) is 2.52. The van der Waals surface area contributed by atoms with E-state index in [4.69, 9.17) is 4.74 Å². The normalized spacial score (nSPS) is 11.3. The molecule has 0 aromatic heterocycles. The van der Waals surface area contributed by atoms with E-state index in [-0.39, 0.29) is 5.91 Å². The number of carbonyl (C=O) groups is 1. The van der Waals surface area contributed by atoms with Crippen molar-refractivity contribution in [3.05, 3.63) is 42.0 Å². The fourth-order valence-electron chi connectivity index (χ4n) is 1.94. The Labute approximate surface area is 149 Å². The lowest BCUT2D eigenvalue weighted by Gasteiger charge is -2.17. The van der Waals surface area contributed by atoms with Gasteiger partial charge in [-0.1, -0.05) is 18.7 Å². The first kappa shape index (κ1) is 20.7. The molecule has 0 radical (unpaired) electrons. The second kappa shape index (κ2) is 10.5. The number of aliphatic hydroxyl groups is 1. The highest BCUT2D eigenvalue weighted by Gasteiger charge is 2.14. The molecule has 0 aliphatic carbocycles. The number of hydrogen-bond donors (Lipinski definition) is 2. The van der Waals surface area contributed by atoms with Crippen molar-refractivity contribution in [1.29, 1.82) is 0 Å². The van der Waals surface area contributed by atoms with Crippen molar-refractivity contribution >= 4 is 17.7 Å². The lowest BCUT2D eigenvalue weighted by Crippen LogP contribution is -2.27. The van der Waals surface area contributed by atoms with Crippen LogP contribution in [0, 0.1) is 0 Å². The third-order valence-corrected chi connectivity index (χ3v) is 4.53. The fourth-order valence-corrected chi connectivity index (χ4v) is 2.86. The minimum Gasteiger partial charge on any atom is -0.386 e. The van der Waals surface area contributed by atoms with Crippen molar-refractivity contribution in [2.45, 2.75) is 44.1 Å². The van der Waals surface area contributed by atoms with Crippen LogP contribution in [0.3, 0.4) is 0 Å². The van der Waals surface area contributed by atoms with Gasteiger partial charge in [-0.2, -0.15) is 0 Å². The van der Waals surface area contributed by atoms with E-state index in [2.05, 4.69) is 24.0 Å². The summed E-state index contributed by atoms with van der Waals surface area (Å²) in [5, 5.41) is 12.7. The van der Waals surface area contributed by atoms with E-state index in [9.17, 15) is 9.90 Å². The molecule has 0 aliphatic rings. The van der Waals surface area contributed by atoms with Crippen LogP contribution in [0.5, 0.6) is 0 Å². The van der Waals surface area contributed by atoms with Crippen LogP contribution in [0.25, 0.3) is 0 Å². The smallest absolute Gasteiger partial charge is 0.246 e. The number of nitrogens with one attached hydrogen (secondary N) is 1. The van der Waals surface area contributed by atoms with Crippen LogP contribution in [0.15, 0.2) is 41.3 Å². The molecule has 4 nitrogen and oxygen atoms in total. The van der Waals surface area contributed by atoms with Crippen LogP contribution in [-0.2, 0) is 15.1 Å². The first-order valence-corrected chi connectivity index (χ1v) is 9.26. The predicted octanol–water partition coefficient (Wildman–Crippen LogP) is 3.50. The number of ether oxygens (including phenoxy) is 1. The molecule has 0 saturated heterocycles. The van der Waals surface area contributed by atoms with Crippen molar-refractivity contribution < 1.29 is 14.6 Å². The van der Waals surface area contributed by atoms with Crippen LogP contribution in [0.1, 0.15) is 39.2 Å². The van der Waals surface area contributed by atoms with Gasteiger partial charge in [0.2, 0.25) is 5.91 Å². The van der Waals surface area contributed by atoms with Gasteiger partial charge in [-0.05, 0) is 57.1 Å². The quantitative estimate of drug-likeness (QED) is 0.364. The van der Waals surface area contributed by atoms with E-state index in [1.165, 1.54) is 4.90 Å². The second-order valence-corrected chi connectivity index (χ2v) is 7.46. The van der Waals surface area contributed by atoms with Crippen molar-refractivity contribution in [1.82, 2.24) is 5.32 Å². The molecule has 134 valence electrons. The van der Waals surface area contributed by atoms with Crippen LogP contribution in [0.2, 0.25) is 0 Å². The van der Waals surface area contributed by atoms with Gasteiger partial charge in [-0.25, -0.2) is 0 Å². The molecule has 5 heteroatoms. The summed E-state index contributed by atoms with van der Waals surface area (Å²) >= 11 is 1.81. The van der Waals surface area contributed by atoms with Gasteiger partial charge >= 0.3 is 0 Å². The number of unbranched alkanes of at least 4 members (excludes halogenated alkanes) is 1. The molecule has 0 atom stereocenters. The highest BCUT2D eigenvalue weighted by atomic mass is 32.2. The van der Waals surface area contributed by atoms with Gasteiger partial charge in [0.1, 0.15) is 0 Å². The summed E-state index contributed by atoms with van der Waals surface area (Å²) in [6.07, 6.45) is 2.08. The monoisotopic (exact) mass is 351 g/mol. The zero-order valence-corrected chi connectivity index (χ0v) is 15.7. The molecule has 1 amide bonds. The summed E-state index contributed by atoms with van der Waals surface area (Å²) in [6.45, 7) is 10.6. The topological polar surface area (TPSA) is 58.6 Å². The van der Waals surface area contributed by atoms with E-state index in [1.807, 2.05) is 23.9 Å². The van der Waals surface area contributed by atoms with E-state index >= 15 is 0 Å². The average molecular weight is 352 g/mol. The van der Waals surface area contributed by atoms with Crippen LogP contribution >= 0.6 is 11.8 Å². The van der Waals surface area contributed by atoms with E-state index in [0.29, 0.717) is 25.3 Å². The first-order valence-electron chi connectivity index (χ1n) is 8.28. The lowest BCUT2D eigenvalue weighted by atomic mass is 9.99. The number of benzene rings is 1. The van der Waals surface area contributed by atoms with Gasteiger partial charge in [0.25, 0.3) is 0 Å². The summed E-state index contributed by atoms with van der Waals surface area (Å²) in [7, 11) is 0. The summed E-state index contributed by atoms with van der Waals surface area (Å²) in [5.41, 5.74) is 0.659. The Morgan fingerprint density at radius 1 is 1.25 bits per heavy atom. The van der Waals surface area contributed by atoms with E-state index < -0.39 is 5.60 Å². The number of hydrogen-bond acceptors (Lipinski definition) is 4. The van der Waals surface area contributed by atoms with Gasteiger partial charge in [-0.3, -0.25) is 4.79 Å². The zero-order valence-electron chi connectivity index (χ0n) is 14.9. The van der Waals surface area contributed by atoms with Crippen molar-refractivity contribution in [2.75, 3.05) is 25.5 Å². The molecular weight excluding hydrogens is 322 g/mol. The number of carbonyl (C=O) groups excluding carboxylic acids is 1. The number of rotatable bonds is 11. The van der Waals surface area contributed by atoms with Gasteiger partial charge < -0.3 is 15.2 Å². The van der Waals surface area contributed by atoms with Crippen LogP contribution in [0.4, 0.5) is 0 Å². The molecule has 2 N–H and O–H groups in total. The molecule has 0 saturated carbocycles. The molecule has 0 unspecified atom stereocenters. The maximum Gasteiger partial charge on any atom is 0.246 e. The van der Waals surface area contributed by atoms with Crippen molar-refractivity contribution in [2.24, 2.45) is 0 Å². The first-order chi connectivity index (χ1) is 11.3. The highest BCUT2D eigenvalue weighted by Crippen LogP contribution is 2.24. The summed E-state index contributed by atoms with van der Waals surface area (Å²) in [4.78, 5) is 12.5. The van der Waals surface area contributed by atoms with Gasteiger partial charge in [0.05, 0.1) is 12.2 Å². The molecule has 0 aliphatic heterocycles. The Kier molecular flexibility index (Phi) is 9.11. The van der Waals surface area contributed by atoms with Crippen molar-refractivity contribution in [3.8, 4) is 0 Å². The Bertz CT molecular complexity index is 520. The molecule has 0 fully saturated rings. The molecule has 0 bridgehead atoms. The van der Waals surface area contributed by atoms with Crippen LogP contribution < -0.4 is 5.32 Å². The fraction of sp³-hybridized carbons (Fsp3) is 0.526. The lowest BCUT2D eigenvalue weighted by molar-refractivity contribution is -0.117. The van der Waals surface area contributed by atoms with Crippen LogP contribution in [-0.4, -0.2) is 36.5 Å². The Balaban J connectivity index is 2.04. The Morgan fingerprint density at radius 2 is 1.92 bits per heavy atom. The minimum atomic E-state index is -0.787. The summed E-state index contributed by atoms with van der Waals surface area (Å²) in [6, 6.07) is 8.06. The third-order valence-electron chi connectivity index (χ3n) is 3.43. The summed E-state index contributed by atoms with van der Waals surface area (Å²) in [5.74, 6) is 0.919. The van der Waals surface area contributed by atoms with Gasteiger partial charge in [0.15, 0.2) is 0 Å². The molecular formula is C19H29NO3S. The standard InChI is InChI=1S/C19H29NO3S/c1-15(2)18(21)20-11-13-23-12-5-6-14-24-17-9-7-16(8-10-17)19(3,4)22/h7-10,22H,1,5-6,11-14H2,2-4H3,(H,20,21). The summed E-state index contributed by atoms with van der Waals surface area (Å²) < 4.78 is 5.49. The van der Waals surface area contributed by atoms with Gasteiger partial charge in [-0.15, -0.1) is 11.8 Å². The molecule has 1 rings (SSSR count). The molecule has 0 heterocycles. The third kappa shape index (κ3) is 8.52. The molecule has 1 aromatic rings. The SMILES string of the molecule is C=C(C)C(=O)NCCOCCCCSc1ccc(C(C)(C)O)cc1. The number of amides is 1. The van der Waals surface area contributed by atoms with E-state index in [0.717, 1.165) is 24.2 Å². The molecule has 1 aromatic carbocycles. The minimum absolute atomic E-state index is 0.120. The predicted molar refractivity (Wildman–Crippen MR) is 100 cm³/mol. The largest absolute Gasteiger partial charge is 0.386 e. The molecule has 0 spiro atoms. The number of thioether (sulfide) groups is 1. The van der Waals surface area contributed by atoms with Crippen molar-refractivity contribution in [3.63, 3.8) is 0 Å². The highest BCUT2D eigenvalue weighted by molar-refractivity contribution is 7.99. The Morgan fingerprint density at radius 3 is 2.50 bits per heavy atom. The second-order valence-electron chi connectivity index (χ2n) is 6.29. The maximum atomic E-state index is 11.2. The zero-order chi connectivity index (χ0) is 18.0. The van der Waals surface area contributed by atoms with Gasteiger partial charge in [0, 0.05) is 23.6 Å². The maximum absolute atomic E-state index is 11.2. The Hall–Kier alpha value is -1.30. The molecule has 24 heavy (non-hydrogen) atoms.